The van der Waals surface area contributed by atoms with Crippen LogP contribution in [0.1, 0.15) is 16.1 Å². The van der Waals surface area contributed by atoms with Crippen LogP contribution in [0.4, 0.5) is 0 Å². The first-order valence-electron chi connectivity index (χ1n) is 6.76. The molecule has 0 aliphatic heterocycles. The molecule has 0 fully saturated rings. The SMILES string of the molecule is COc1ccc(Cc2nc3ccc(C)cc3s2)cc1OC. The van der Waals surface area contributed by atoms with Gasteiger partial charge in [0.25, 0.3) is 0 Å². The lowest BCUT2D eigenvalue weighted by atomic mass is 10.1. The van der Waals surface area contributed by atoms with Crippen molar-refractivity contribution in [3.8, 4) is 11.5 Å². The molecule has 1 heterocycles. The van der Waals surface area contributed by atoms with Crippen molar-refractivity contribution in [3.05, 3.63) is 52.5 Å². The van der Waals surface area contributed by atoms with Crippen molar-refractivity contribution in [1.82, 2.24) is 4.98 Å². The summed E-state index contributed by atoms with van der Waals surface area (Å²) in [5, 5.41) is 1.11. The van der Waals surface area contributed by atoms with Crippen molar-refractivity contribution in [3.63, 3.8) is 0 Å². The van der Waals surface area contributed by atoms with E-state index in [0.29, 0.717) is 0 Å². The lowest BCUT2D eigenvalue weighted by Gasteiger charge is -2.08. The largest absolute Gasteiger partial charge is 0.493 e. The summed E-state index contributed by atoms with van der Waals surface area (Å²) in [6, 6.07) is 12.4. The Morgan fingerprint density at radius 3 is 2.57 bits per heavy atom. The fourth-order valence-electron chi connectivity index (χ4n) is 2.32. The van der Waals surface area contributed by atoms with Crippen molar-refractivity contribution in [2.75, 3.05) is 14.2 Å². The average Bonchev–Trinajstić information content (AvgIpc) is 2.88. The minimum Gasteiger partial charge on any atom is -0.493 e. The number of ether oxygens (including phenoxy) is 2. The quantitative estimate of drug-likeness (QED) is 0.723. The minimum absolute atomic E-state index is 0.751. The number of methoxy groups -OCH3 is 2. The summed E-state index contributed by atoms with van der Waals surface area (Å²) in [6.45, 7) is 2.10. The van der Waals surface area contributed by atoms with E-state index in [2.05, 4.69) is 31.2 Å². The summed E-state index contributed by atoms with van der Waals surface area (Å²) in [6.07, 6.45) is 0.804. The van der Waals surface area contributed by atoms with Gasteiger partial charge in [-0.25, -0.2) is 4.98 Å². The number of rotatable bonds is 4. The maximum atomic E-state index is 5.35. The van der Waals surface area contributed by atoms with E-state index in [4.69, 9.17) is 14.5 Å². The van der Waals surface area contributed by atoms with Gasteiger partial charge in [0, 0.05) is 6.42 Å². The van der Waals surface area contributed by atoms with E-state index >= 15 is 0 Å². The normalized spacial score (nSPS) is 10.8. The first kappa shape index (κ1) is 13.9. The summed E-state index contributed by atoms with van der Waals surface area (Å²) in [4.78, 5) is 4.69. The maximum absolute atomic E-state index is 5.35. The zero-order valence-corrected chi connectivity index (χ0v) is 13.2. The van der Waals surface area contributed by atoms with Crippen LogP contribution < -0.4 is 9.47 Å². The van der Waals surface area contributed by atoms with Crippen LogP contribution in [0, 0.1) is 6.92 Å². The molecule has 0 bridgehead atoms. The molecule has 0 saturated carbocycles. The van der Waals surface area contributed by atoms with Crippen LogP contribution in [-0.4, -0.2) is 19.2 Å². The molecule has 0 spiro atoms. The van der Waals surface area contributed by atoms with E-state index in [1.54, 1.807) is 25.6 Å². The molecular formula is C17H17NO2S. The molecule has 108 valence electrons. The Labute approximate surface area is 128 Å². The van der Waals surface area contributed by atoms with Crippen LogP contribution in [0.25, 0.3) is 10.2 Å². The monoisotopic (exact) mass is 299 g/mol. The van der Waals surface area contributed by atoms with Crippen molar-refractivity contribution in [1.29, 1.82) is 0 Å². The smallest absolute Gasteiger partial charge is 0.160 e. The van der Waals surface area contributed by atoms with Crippen LogP contribution in [0.3, 0.4) is 0 Å². The second-order valence-corrected chi connectivity index (χ2v) is 6.06. The first-order chi connectivity index (χ1) is 10.2. The highest BCUT2D eigenvalue weighted by Crippen LogP contribution is 2.30. The molecule has 0 aliphatic carbocycles. The predicted molar refractivity (Wildman–Crippen MR) is 86.7 cm³/mol. The molecule has 0 amide bonds. The van der Waals surface area contributed by atoms with Crippen LogP contribution in [0.5, 0.6) is 11.5 Å². The van der Waals surface area contributed by atoms with Crippen LogP contribution >= 0.6 is 11.3 Å². The summed E-state index contributed by atoms with van der Waals surface area (Å²) < 4.78 is 11.9. The van der Waals surface area contributed by atoms with Crippen molar-refractivity contribution >= 4 is 21.6 Å². The van der Waals surface area contributed by atoms with Gasteiger partial charge >= 0.3 is 0 Å². The molecule has 0 atom stereocenters. The number of fused-ring (bicyclic) bond motifs is 1. The van der Waals surface area contributed by atoms with Gasteiger partial charge in [0.15, 0.2) is 11.5 Å². The molecule has 21 heavy (non-hydrogen) atoms. The predicted octanol–water partition coefficient (Wildman–Crippen LogP) is 4.21. The Balaban J connectivity index is 1.91. The fraction of sp³-hybridized carbons (Fsp3) is 0.235. The van der Waals surface area contributed by atoms with Gasteiger partial charge in [-0.05, 0) is 42.3 Å². The molecule has 0 N–H and O–H groups in total. The standard InChI is InChI=1S/C17H17NO2S/c1-11-4-6-13-16(8-11)21-17(18-13)10-12-5-7-14(19-2)15(9-12)20-3/h4-9H,10H2,1-3H3. The third-order valence-corrected chi connectivity index (χ3v) is 4.41. The molecule has 1 aromatic heterocycles. The molecule has 4 heteroatoms. The van der Waals surface area contributed by atoms with Gasteiger partial charge in [0.05, 0.1) is 29.4 Å². The molecule has 3 aromatic rings. The Morgan fingerprint density at radius 1 is 1.00 bits per heavy atom. The summed E-state index contributed by atoms with van der Waals surface area (Å²) >= 11 is 1.75. The average molecular weight is 299 g/mol. The van der Waals surface area contributed by atoms with E-state index in [-0.39, 0.29) is 0 Å². The zero-order valence-electron chi connectivity index (χ0n) is 12.3. The van der Waals surface area contributed by atoms with Crippen LogP contribution in [0.15, 0.2) is 36.4 Å². The molecule has 3 nitrogen and oxygen atoms in total. The summed E-state index contributed by atoms with van der Waals surface area (Å²) in [5.41, 5.74) is 3.51. The lowest BCUT2D eigenvalue weighted by molar-refractivity contribution is 0.354. The number of benzene rings is 2. The van der Waals surface area contributed by atoms with Gasteiger partial charge in [-0.3, -0.25) is 0 Å². The molecular weight excluding hydrogens is 282 g/mol. The molecule has 0 aliphatic rings. The maximum Gasteiger partial charge on any atom is 0.160 e. The van der Waals surface area contributed by atoms with Gasteiger partial charge in [-0.15, -0.1) is 11.3 Å². The third kappa shape index (κ3) is 2.85. The molecule has 0 unspecified atom stereocenters. The highest BCUT2D eigenvalue weighted by molar-refractivity contribution is 7.18. The molecule has 0 saturated heterocycles. The highest BCUT2D eigenvalue weighted by Gasteiger charge is 2.08. The minimum atomic E-state index is 0.751. The van der Waals surface area contributed by atoms with Gasteiger partial charge in [-0.2, -0.15) is 0 Å². The number of aromatic nitrogens is 1. The number of thiazole rings is 1. The number of nitrogens with zero attached hydrogens (tertiary/aromatic N) is 1. The van der Waals surface area contributed by atoms with E-state index < -0.39 is 0 Å². The van der Waals surface area contributed by atoms with Crippen molar-refractivity contribution < 1.29 is 9.47 Å². The van der Waals surface area contributed by atoms with Gasteiger partial charge < -0.3 is 9.47 Å². The highest BCUT2D eigenvalue weighted by atomic mass is 32.1. The number of aryl methyl sites for hydroxylation is 1. The Morgan fingerprint density at radius 2 is 1.81 bits per heavy atom. The van der Waals surface area contributed by atoms with Gasteiger partial charge in [0.2, 0.25) is 0 Å². The Kier molecular flexibility index (Phi) is 3.80. The van der Waals surface area contributed by atoms with E-state index in [0.717, 1.165) is 28.4 Å². The van der Waals surface area contributed by atoms with Crippen LogP contribution in [0.2, 0.25) is 0 Å². The van der Waals surface area contributed by atoms with Crippen LogP contribution in [-0.2, 0) is 6.42 Å². The first-order valence-corrected chi connectivity index (χ1v) is 7.58. The van der Waals surface area contributed by atoms with E-state index in [1.165, 1.54) is 15.8 Å². The van der Waals surface area contributed by atoms with Gasteiger partial charge in [0.1, 0.15) is 0 Å². The topological polar surface area (TPSA) is 31.4 Å². The van der Waals surface area contributed by atoms with Crippen molar-refractivity contribution in [2.45, 2.75) is 13.3 Å². The molecule has 2 aromatic carbocycles. The van der Waals surface area contributed by atoms with E-state index in [1.807, 2.05) is 12.1 Å². The third-order valence-electron chi connectivity index (χ3n) is 3.39. The van der Waals surface area contributed by atoms with E-state index in [9.17, 15) is 0 Å². The second-order valence-electron chi connectivity index (χ2n) is 4.94. The van der Waals surface area contributed by atoms with Crippen molar-refractivity contribution in [2.24, 2.45) is 0 Å². The second kappa shape index (κ2) is 5.74. The Hall–Kier alpha value is -2.07. The number of hydrogen-bond acceptors (Lipinski definition) is 4. The fourth-order valence-corrected chi connectivity index (χ4v) is 3.42. The Bertz CT molecular complexity index is 780. The molecule has 3 rings (SSSR count). The van der Waals surface area contributed by atoms with Gasteiger partial charge in [-0.1, -0.05) is 12.1 Å². The number of hydrogen-bond donors (Lipinski definition) is 0. The lowest BCUT2D eigenvalue weighted by Crippen LogP contribution is -1.93. The zero-order chi connectivity index (χ0) is 14.8. The summed E-state index contributed by atoms with van der Waals surface area (Å²) in [7, 11) is 3.30. The molecule has 0 radical (unpaired) electrons. The summed E-state index contributed by atoms with van der Waals surface area (Å²) in [5.74, 6) is 1.51.